The number of aliphatic hydroxyl groups excluding tert-OH is 1. The van der Waals surface area contributed by atoms with Crippen molar-refractivity contribution < 1.29 is 24.5 Å². The SMILES string of the molecule is COc1ccc(/C(O)=C2/C(=O)C(=O)N(c3ccccc3C)C2c2cccc(O)c2)cc1C. The topological polar surface area (TPSA) is 87.1 Å². The predicted molar refractivity (Wildman–Crippen MR) is 122 cm³/mol. The number of hydrogen-bond donors (Lipinski definition) is 2. The Morgan fingerprint density at radius 2 is 1.69 bits per heavy atom. The van der Waals surface area contributed by atoms with Gasteiger partial charge in [0.15, 0.2) is 0 Å². The van der Waals surface area contributed by atoms with Crippen LogP contribution in [-0.2, 0) is 9.59 Å². The van der Waals surface area contributed by atoms with Crippen molar-refractivity contribution in [3.8, 4) is 11.5 Å². The fourth-order valence-electron chi connectivity index (χ4n) is 4.11. The number of amides is 1. The van der Waals surface area contributed by atoms with Gasteiger partial charge in [-0.15, -0.1) is 0 Å². The van der Waals surface area contributed by atoms with Gasteiger partial charge in [0.25, 0.3) is 11.7 Å². The molecule has 1 unspecified atom stereocenters. The average molecular weight is 429 g/mol. The summed E-state index contributed by atoms with van der Waals surface area (Å²) in [7, 11) is 1.55. The summed E-state index contributed by atoms with van der Waals surface area (Å²) in [6.07, 6.45) is 0. The van der Waals surface area contributed by atoms with E-state index in [9.17, 15) is 19.8 Å². The molecule has 2 N–H and O–H groups in total. The number of carbonyl (C=O) groups excluding carboxylic acids is 2. The lowest BCUT2D eigenvalue weighted by Crippen LogP contribution is -2.30. The third-order valence-corrected chi connectivity index (χ3v) is 5.67. The van der Waals surface area contributed by atoms with Crippen molar-refractivity contribution in [3.05, 3.63) is 94.6 Å². The molecule has 32 heavy (non-hydrogen) atoms. The molecule has 0 radical (unpaired) electrons. The number of phenolic OH excluding ortho intramolecular Hbond substituents is 1. The number of methoxy groups -OCH3 is 1. The van der Waals surface area contributed by atoms with Gasteiger partial charge in [0, 0.05) is 11.3 Å². The molecule has 1 aliphatic rings. The molecule has 6 nitrogen and oxygen atoms in total. The van der Waals surface area contributed by atoms with Gasteiger partial charge in [0.05, 0.1) is 18.7 Å². The maximum Gasteiger partial charge on any atom is 0.300 e. The summed E-state index contributed by atoms with van der Waals surface area (Å²) >= 11 is 0. The van der Waals surface area contributed by atoms with Crippen LogP contribution in [-0.4, -0.2) is 29.0 Å². The number of hydrogen-bond acceptors (Lipinski definition) is 5. The lowest BCUT2D eigenvalue weighted by Gasteiger charge is -2.26. The molecule has 0 bridgehead atoms. The van der Waals surface area contributed by atoms with Crippen molar-refractivity contribution in [2.75, 3.05) is 12.0 Å². The van der Waals surface area contributed by atoms with Crippen LogP contribution in [0.4, 0.5) is 5.69 Å². The zero-order valence-corrected chi connectivity index (χ0v) is 18.0. The molecule has 0 aliphatic carbocycles. The molecule has 0 aromatic heterocycles. The number of aliphatic hydroxyl groups is 1. The Morgan fingerprint density at radius 1 is 0.938 bits per heavy atom. The summed E-state index contributed by atoms with van der Waals surface area (Å²) in [5.74, 6) is -1.16. The number of aromatic hydroxyl groups is 1. The van der Waals surface area contributed by atoms with Crippen LogP contribution >= 0.6 is 0 Å². The highest BCUT2D eigenvalue weighted by molar-refractivity contribution is 6.51. The van der Waals surface area contributed by atoms with Crippen molar-refractivity contribution in [2.24, 2.45) is 0 Å². The molecule has 1 fully saturated rings. The first-order valence-electron chi connectivity index (χ1n) is 10.1. The second-order valence-electron chi connectivity index (χ2n) is 7.73. The number of para-hydroxylation sites is 1. The van der Waals surface area contributed by atoms with Crippen LogP contribution in [0.2, 0.25) is 0 Å². The molecular weight excluding hydrogens is 406 g/mol. The Hall–Kier alpha value is -4.06. The number of carbonyl (C=O) groups is 2. The van der Waals surface area contributed by atoms with Crippen molar-refractivity contribution in [3.63, 3.8) is 0 Å². The van der Waals surface area contributed by atoms with E-state index in [-0.39, 0.29) is 17.1 Å². The number of phenols is 1. The molecule has 1 atom stereocenters. The van der Waals surface area contributed by atoms with Crippen molar-refractivity contribution >= 4 is 23.1 Å². The van der Waals surface area contributed by atoms with Crippen molar-refractivity contribution in [1.29, 1.82) is 0 Å². The zero-order valence-electron chi connectivity index (χ0n) is 18.0. The second kappa shape index (κ2) is 8.23. The Morgan fingerprint density at radius 3 is 2.34 bits per heavy atom. The van der Waals surface area contributed by atoms with Crippen molar-refractivity contribution in [1.82, 2.24) is 0 Å². The molecule has 3 aromatic rings. The van der Waals surface area contributed by atoms with Gasteiger partial charge in [-0.1, -0.05) is 30.3 Å². The number of benzene rings is 3. The maximum atomic E-state index is 13.2. The van der Waals surface area contributed by atoms with Gasteiger partial charge in [-0.2, -0.15) is 0 Å². The maximum absolute atomic E-state index is 13.2. The summed E-state index contributed by atoms with van der Waals surface area (Å²) in [5.41, 5.74) is 3.02. The Kier molecular flexibility index (Phi) is 5.45. The van der Waals surface area contributed by atoms with E-state index >= 15 is 0 Å². The highest BCUT2D eigenvalue weighted by atomic mass is 16.5. The summed E-state index contributed by atoms with van der Waals surface area (Å²) in [6, 6.07) is 17.7. The standard InChI is InChI=1S/C26H23NO5/c1-15-7-4-5-10-20(15)27-23(17-8-6-9-19(28)14-17)22(25(30)26(27)31)24(29)18-11-12-21(32-3)16(2)13-18/h4-14,23,28-29H,1-3H3/b24-22-. The number of Topliss-reactive ketones (excluding diaryl/α,β-unsaturated/α-hetero) is 1. The molecule has 1 aliphatic heterocycles. The lowest BCUT2D eigenvalue weighted by atomic mass is 9.94. The van der Waals surface area contributed by atoms with E-state index in [1.54, 1.807) is 49.6 Å². The monoisotopic (exact) mass is 429 g/mol. The van der Waals surface area contributed by atoms with Crippen molar-refractivity contribution in [2.45, 2.75) is 19.9 Å². The largest absolute Gasteiger partial charge is 0.508 e. The Balaban J connectivity index is 1.97. The molecular formula is C26H23NO5. The Bertz CT molecular complexity index is 1260. The highest BCUT2D eigenvalue weighted by Crippen LogP contribution is 2.43. The third-order valence-electron chi connectivity index (χ3n) is 5.67. The minimum absolute atomic E-state index is 0.00170. The van der Waals surface area contributed by atoms with Gasteiger partial charge in [-0.25, -0.2) is 0 Å². The van der Waals surface area contributed by atoms with Gasteiger partial charge in [0.1, 0.15) is 17.3 Å². The molecule has 0 spiro atoms. The molecule has 0 saturated carbocycles. The molecule has 4 rings (SSSR count). The van der Waals surface area contributed by atoms with Gasteiger partial charge < -0.3 is 14.9 Å². The number of nitrogens with zero attached hydrogens (tertiary/aromatic N) is 1. The quantitative estimate of drug-likeness (QED) is 0.358. The summed E-state index contributed by atoms with van der Waals surface area (Å²) in [6.45, 7) is 3.68. The number of ether oxygens (including phenoxy) is 1. The molecule has 6 heteroatoms. The normalized spacial score (nSPS) is 17.6. The zero-order chi connectivity index (χ0) is 23.0. The minimum atomic E-state index is -0.898. The minimum Gasteiger partial charge on any atom is -0.508 e. The van der Waals surface area contributed by atoms with E-state index < -0.39 is 17.7 Å². The lowest BCUT2D eigenvalue weighted by molar-refractivity contribution is -0.132. The molecule has 1 amide bonds. The van der Waals surface area contributed by atoms with Gasteiger partial charge in [0.2, 0.25) is 0 Å². The van der Waals surface area contributed by atoms with E-state index in [1.807, 2.05) is 26.0 Å². The number of aryl methyl sites for hydroxylation is 2. The molecule has 3 aromatic carbocycles. The second-order valence-corrected chi connectivity index (χ2v) is 7.73. The van der Waals surface area contributed by atoms with E-state index in [1.165, 1.54) is 17.0 Å². The first-order chi connectivity index (χ1) is 15.3. The summed E-state index contributed by atoms with van der Waals surface area (Å²) < 4.78 is 5.28. The fourth-order valence-corrected chi connectivity index (χ4v) is 4.11. The number of ketones is 1. The van der Waals surface area contributed by atoms with Crippen LogP contribution in [0.3, 0.4) is 0 Å². The smallest absolute Gasteiger partial charge is 0.300 e. The van der Waals surface area contributed by atoms with E-state index in [2.05, 4.69) is 0 Å². The summed E-state index contributed by atoms with van der Waals surface area (Å²) in [5, 5.41) is 21.3. The fraction of sp³-hybridized carbons (Fsp3) is 0.154. The van der Waals surface area contributed by atoms with E-state index in [4.69, 9.17) is 4.74 Å². The Labute approximate surface area is 186 Å². The predicted octanol–water partition coefficient (Wildman–Crippen LogP) is 4.64. The molecule has 162 valence electrons. The third kappa shape index (κ3) is 3.50. The molecule has 1 heterocycles. The van der Waals surface area contributed by atoms with Crippen LogP contribution in [0.15, 0.2) is 72.3 Å². The summed E-state index contributed by atoms with van der Waals surface area (Å²) in [4.78, 5) is 27.8. The molecule has 1 saturated heterocycles. The van der Waals surface area contributed by atoms with E-state index in [0.29, 0.717) is 22.6 Å². The number of rotatable bonds is 4. The first kappa shape index (κ1) is 21.2. The average Bonchev–Trinajstić information content (AvgIpc) is 3.04. The first-order valence-corrected chi connectivity index (χ1v) is 10.1. The van der Waals surface area contributed by atoms with Crippen LogP contribution < -0.4 is 9.64 Å². The van der Waals surface area contributed by atoms with E-state index in [0.717, 1.165) is 11.1 Å². The van der Waals surface area contributed by atoms with Crippen LogP contribution in [0.1, 0.15) is 28.3 Å². The van der Waals surface area contributed by atoms with Crippen LogP contribution in [0.25, 0.3) is 5.76 Å². The van der Waals surface area contributed by atoms with Crippen LogP contribution in [0, 0.1) is 13.8 Å². The van der Waals surface area contributed by atoms with Gasteiger partial charge in [-0.3, -0.25) is 14.5 Å². The number of anilines is 1. The highest BCUT2D eigenvalue weighted by Gasteiger charge is 2.47. The van der Waals surface area contributed by atoms with Gasteiger partial charge >= 0.3 is 0 Å². The van der Waals surface area contributed by atoms with Gasteiger partial charge in [-0.05, 0) is 66.9 Å². The van der Waals surface area contributed by atoms with Crippen LogP contribution in [0.5, 0.6) is 11.5 Å².